The third-order valence-electron chi connectivity index (χ3n) is 2.58. The molecule has 2 rings (SSSR count). The Morgan fingerprint density at radius 1 is 1.13 bits per heavy atom. The molecule has 0 saturated carbocycles. The molecule has 0 aliphatic heterocycles. The average molecular weight is 200 g/mol. The molecule has 1 aromatic carbocycles. The number of aromatic nitrogens is 1. The molecule has 15 heavy (non-hydrogen) atoms. The standard InChI is InChI=1S/C13H16N2/c1-13(2,3)11-10-7-5-4-6-9(10)8-15-12(11)14/h4-8H,1-3H3,(H2,14,15). The van der Waals surface area contributed by atoms with Gasteiger partial charge in [0.05, 0.1) is 0 Å². The summed E-state index contributed by atoms with van der Waals surface area (Å²) in [5, 5.41) is 2.36. The Balaban J connectivity index is 2.86. The molecule has 1 heterocycles. The molecule has 0 aliphatic carbocycles. The van der Waals surface area contributed by atoms with Crippen molar-refractivity contribution in [3.8, 4) is 0 Å². The maximum Gasteiger partial charge on any atom is 0.127 e. The summed E-state index contributed by atoms with van der Waals surface area (Å²) in [6.07, 6.45) is 1.83. The van der Waals surface area contributed by atoms with E-state index in [0.29, 0.717) is 5.82 Å². The van der Waals surface area contributed by atoms with Gasteiger partial charge in [-0.3, -0.25) is 0 Å². The van der Waals surface area contributed by atoms with Crippen LogP contribution in [0.4, 0.5) is 5.82 Å². The lowest BCUT2D eigenvalue weighted by Crippen LogP contribution is -2.15. The predicted octanol–water partition coefficient (Wildman–Crippen LogP) is 3.11. The van der Waals surface area contributed by atoms with Crippen molar-refractivity contribution >= 4 is 16.6 Å². The zero-order chi connectivity index (χ0) is 11.1. The normalized spacial score (nSPS) is 11.9. The number of hydrogen-bond acceptors (Lipinski definition) is 2. The van der Waals surface area contributed by atoms with Gasteiger partial charge in [-0.05, 0) is 10.8 Å². The maximum atomic E-state index is 5.96. The summed E-state index contributed by atoms with van der Waals surface area (Å²) in [6, 6.07) is 8.23. The first-order valence-corrected chi connectivity index (χ1v) is 5.14. The molecule has 0 saturated heterocycles. The molecule has 0 aliphatic rings. The summed E-state index contributed by atoms with van der Waals surface area (Å²) in [6.45, 7) is 6.48. The molecule has 2 aromatic rings. The van der Waals surface area contributed by atoms with Crippen LogP contribution in [0.25, 0.3) is 10.8 Å². The molecule has 2 heteroatoms. The van der Waals surface area contributed by atoms with Gasteiger partial charge in [0.25, 0.3) is 0 Å². The van der Waals surface area contributed by atoms with Gasteiger partial charge in [0, 0.05) is 17.1 Å². The van der Waals surface area contributed by atoms with Crippen molar-refractivity contribution in [2.24, 2.45) is 0 Å². The summed E-state index contributed by atoms with van der Waals surface area (Å²) >= 11 is 0. The topological polar surface area (TPSA) is 38.9 Å². The van der Waals surface area contributed by atoms with Crippen molar-refractivity contribution in [2.75, 3.05) is 5.73 Å². The molecule has 1 aromatic heterocycles. The average Bonchev–Trinajstić information content (AvgIpc) is 2.15. The fourth-order valence-corrected chi connectivity index (χ4v) is 1.97. The van der Waals surface area contributed by atoms with E-state index in [4.69, 9.17) is 5.73 Å². The Labute approximate surface area is 90.1 Å². The summed E-state index contributed by atoms with van der Waals surface area (Å²) in [7, 11) is 0. The van der Waals surface area contributed by atoms with Crippen LogP contribution in [0, 0.1) is 0 Å². The van der Waals surface area contributed by atoms with Crippen molar-refractivity contribution in [3.05, 3.63) is 36.0 Å². The van der Waals surface area contributed by atoms with Crippen LogP contribution in [0.15, 0.2) is 30.5 Å². The molecule has 0 unspecified atom stereocenters. The van der Waals surface area contributed by atoms with Gasteiger partial charge in [0.2, 0.25) is 0 Å². The van der Waals surface area contributed by atoms with E-state index in [1.807, 2.05) is 18.3 Å². The zero-order valence-corrected chi connectivity index (χ0v) is 9.41. The number of benzene rings is 1. The highest BCUT2D eigenvalue weighted by atomic mass is 14.8. The Kier molecular flexibility index (Phi) is 2.14. The number of nitrogens with zero attached hydrogens (tertiary/aromatic N) is 1. The quantitative estimate of drug-likeness (QED) is 0.709. The minimum Gasteiger partial charge on any atom is -0.383 e. The minimum absolute atomic E-state index is 0.0257. The molecule has 0 fully saturated rings. The van der Waals surface area contributed by atoms with E-state index in [-0.39, 0.29) is 5.41 Å². The summed E-state index contributed by atoms with van der Waals surface area (Å²) in [5.74, 6) is 0.640. The second-order valence-corrected chi connectivity index (χ2v) is 4.86. The van der Waals surface area contributed by atoms with E-state index in [1.54, 1.807) is 0 Å². The van der Waals surface area contributed by atoms with E-state index in [9.17, 15) is 0 Å². The van der Waals surface area contributed by atoms with Crippen LogP contribution in [0.2, 0.25) is 0 Å². The van der Waals surface area contributed by atoms with E-state index >= 15 is 0 Å². The molecular formula is C13H16N2. The Morgan fingerprint density at radius 3 is 2.47 bits per heavy atom. The van der Waals surface area contributed by atoms with Crippen LogP contribution in [0.1, 0.15) is 26.3 Å². The lowest BCUT2D eigenvalue weighted by Gasteiger charge is -2.22. The highest BCUT2D eigenvalue weighted by Gasteiger charge is 2.20. The summed E-state index contributed by atoms with van der Waals surface area (Å²) in [4.78, 5) is 4.25. The fourth-order valence-electron chi connectivity index (χ4n) is 1.97. The predicted molar refractivity (Wildman–Crippen MR) is 64.9 cm³/mol. The first-order chi connectivity index (χ1) is 7.00. The molecule has 2 N–H and O–H groups in total. The highest BCUT2D eigenvalue weighted by molar-refractivity contribution is 5.88. The van der Waals surface area contributed by atoms with Crippen molar-refractivity contribution in [2.45, 2.75) is 26.2 Å². The smallest absolute Gasteiger partial charge is 0.127 e. The van der Waals surface area contributed by atoms with E-state index in [1.165, 1.54) is 5.39 Å². The molecule has 0 spiro atoms. The third-order valence-corrected chi connectivity index (χ3v) is 2.58. The number of nitrogens with two attached hydrogens (primary N) is 1. The third kappa shape index (κ3) is 1.67. The zero-order valence-electron chi connectivity index (χ0n) is 9.41. The SMILES string of the molecule is CC(C)(C)c1c(N)ncc2ccccc12. The summed E-state index contributed by atoms with van der Waals surface area (Å²) < 4.78 is 0. The van der Waals surface area contributed by atoms with Gasteiger partial charge in [-0.2, -0.15) is 0 Å². The van der Waals surface area contributed by atoms with Gasteiger partial charge < -0.3 is 5.73 Å². The molecule has 78 valence electrons. The van der Waals surface area contributed by atoms with Crippen LogP contribution >= 0.6 is 0 Å². The molecule has 0 amide bonds. The molecule has 0 atom stereocenters. The number of nitrogen functional groups attached to an aromatic ring is 1. The number of fused-ring (bicyclic) bond motifs is 1. The van der Waals surface area contributed by atoms with Crippen LogP contribution in [0.3, 0.4) is 0 Å². The largest absolute Gasteiger partial charge is 0.383 e. The first-order valence-electron chi connectivity index (χ1n) is 5.14. The van der Waals surface area contributed by atoms with Crippen molar-refractivity contribution < 1.29 is 0 Å². The van der Waals surface area contributed by atoms with Crippen molar-refractivity contribution in [3.63, 3.8) is 0 Å². The number of rotatable bonds is 0. The van der Waals surface area contributed by atoms with E-state index in [2.05, 4.69) is 37.9 Å². The summed E-state index contributed by atoms with van der Waals surface area (Å²) in [5.41, 5.74) is 7.13. The van der Waals surface area contributed by atoms with Gasteiger partial charge in [-0.25, -0.2) is 4.98 Å². The maximum absolute atomic E-state index is 5.96. The van der Waals surface area contributed by atoms with Gasteiger partial charge in [-0.1, -0.05) is 45.0 Å². The van der Waals surface area contributed by atoms with Gasteiger partial charge in [-0.15, -0.1) is 0 Å². The fraction of sp³-hybridized carbons (Fsp3) is 0.308. The molecule has 2 nitrogen and oxygen atoms in total. The number of pyridine rings is 1. The van der Waals surface area contributed by atoms with Crippen molar-refractivity contribution in [1.29, 1.82) is 0 Å². The van der Waals surface area contributed by atoms with Gasteiger partial charge >= 0.3 is 0 Å². The monoisotopic (exact) mass is 200 g/mol. The van der Waals surface area contributed by atoms with Gasteiger partial charge in [0.15, 0.2) is 0 Å². The van der Waals surface area contributed by atoms with E-state index < -0.39 is 0 Å². The minimum atomic E-state index is 0.0257. The van der Waals surface area contributed by atoms with E-state index in [0.717, 1.165) is 10.9 Å². The lowest BCUT2D eigenvalue weighted by molar-refractivity contribution is 0.596. The molecular weight excluding hydrogens is 184 g/mol. The highest BCUT2D eigenvalue weighted by Crippen LogP contribution is 2.32. The van der Waals surface area contributed by atoms with Crippen LogP contribution in [0.5, 0.6) is 0 Å². The Morgan fingerprint density at radius 2 is 1.80 bits per heavy atom. The first kappa shape index (κ1) is 9.97. The second-order valence-electron chi connectivity index (χ2n) is 4.86. The van der Waals surface area contributed by atoms with Gasteiger partial charge in [0.1, 0.15) is 5.82 Å². The Hall–Kier alpha value is -1.57. The van der Waals surface area contributed by atoms with Crippen LogP contribution in [-0.2, 0) is 5.41 Å². The molecule has 0 radical (unpaired) electrons. The number of hydrogen-bond donors (Lipinski definition) is 1. The molecule has 0 bridgehead atoms. The lowest BCUT2D eigenvalue weighted by atomic mass is 9.84. The Bertz CT molecular complexity index is 495. The van der Waals surface area contributed by atoms with Crippen LogP contribution in [-0.4, -0.2) is 4.98 Å². The van der Waals surface area contributed by atoms with Crippen molar-refractivity contribution in [1.82, 2.24) is 4.98 Å². The number of anilines is 1. The second kappa shape index (κ2) is 3.23. The van der Waals surface area contributed by atoms with Crippen LogP contribution < -0.4 is 5.73 Å².